The van der Waals surface area contributed by atoms with Gasteiger partial charge >= 0.3 is 0 Å². The minimum Gasteiger partial charge on any atom is -0.422 e. The minimum atomic E-state index is 0.353. The van der Waals surface area contributed by atoms with Crippen LogP contribution in [0.3, 0.4) is 0 Å². The van der Waals surface area contributed by atoms with Gasteiger partial charge in [-0.3, -0.25) is 0 Å². The molecule has 0 aromatic rings. The molecule has 0 saturated heterocycles. The first kappa shape index (κ1) is 6.28. The van der Waals surface area contributed by atoms with E-state index in [0.29, 0.717) is 5.95 Å². The summed E-state index contributed by atoms with van der Waals surface area (Å²) in [5, 5.41) is 0. The summed E-state index contributed by atoms with van der Waals surface area (Å²) in [6.07, 6.45) is 8.74. The Balaban J connectivity index is 2.35. The molecule has 0 fully saturated rings. The van der Waals surface area contributed by atoms with Crippen LogP contribution in [-0.2, 0) is 9.47 Å². The predicted molar refractivity (Wildman–Crippen MR) is 41.2 cm³/mol. The first-order valence-corrected chi connectivity index (χ1v) is 3.48. The van der Waals surface area contributed by atoms with Crippen molar-refractivity contribution in [2.45, 2.75) is 6.42 Å². The van der Waals surface area contributed by atoms with E-state index in [0.717, 1.165) is 17.9 Å². The molecule has 0 atom stereocenters. The minimum absolute atomic E-state index is 0.353. The Morgan fingerprint density at radius 1 is 1.09 bits per heavy atom. The van der Waals surface area contributed by atoms with Crippen molar-refractivity contribution in [1.82, 2.24) is 0 Å². The number of hydrogen-bond donors (Lipinski definition) is 0. The Morgan fingerprint density at radius 3 is 2.18 bits per heavy atom. The van der Waals surface area contributed by atoms with Gasteiger partial charge in [0.1, 0.15) is 0 Å². The van der Waals surface area contributed by atoms with E-state index < -0.39 is 0 Å². The summed E-state index contributed by atoms with van der Waals surface area (Å²) in [4.78, 5) is 0. The quantitative estimate of drug-likeness (QED) is 0.524. The van der Waals surface area contributed by atoms with E-state index in [1.807, 2.05) is 24.3 Å². The molecule has 0 radical (unpaired) electrons. The monoisotopic (exact) mass is 148 g/mol. The molecule has 0 spiro atoms. The third kappa shape index (κ3) is 1.07. The molecule has 2 rings (SSSR count). The molecule has 2 nitrogen and oxygen atoms in total. The lowest BCUT2D eigenvalue weighted by Gasteiger charge is -1.93. The summed E-state index contributed by atoms with van der Waals surface area (Å²) >= 11 is 0. The normalized spacial score (nSPS) is 20.9. The highest BCUT2D eigenvalue weighted by Gasteiger charge is 2.17. The molecule has 56 valence electrons. The van der Waals surface area contributed by atoms with E-state index in [1.54, 1.807) is 0 Å². The number of allylic oxidation sites excluding steroid dienone is 4. The van der Waals surface area contributed by atoms with Crippen molar-refractivity contribution >= 4 is 0 Å². The summed E-state index contributed by atoms with van der Waals surface area (Å²) in [7, 11) is 0. The summed E-state index contributed by atoms with van der Waals surface area (Å²) in [5.74, 6) is 1.86. The van der Waals surface area contributed by atoms with Crippen LogP contribution in [0.15, 0.2) is 48.3 Å². The lowest BCUT2D eigenvalue weighted by atomic mass is 10.4. The Morgan fingerprint density at radius 2 is 1.64 bits per heavy atom. The van der Waals surface area contributed by atoms with Crippen molar-refractivity contribution < 1.29 is 9.47 Å². The Labute approximate surface area is 65.1 Å². The van der Waals surface area contributed by atoms with Crippen molar-refractivity contribution in [2.75, 3.05) is 0 Å². The Hall–Kier alpha value is -1.44. The van der Waals surface area contributed by atoms with Gasteiger partial charge in [0.25, 0.3) is 5.95 Å². The molecule has 1 aliphatic heterocycles. The van der Waals surface area contributed by atoms with E-state index in [4.69, 9.17) is 9.47 Å². The zero-order valence-electron chi connectivity index (χ0n) is 6.04. The zero-order chi connectivity index (χ0) is 7.68. The van der Waals surface area contributed by atoms with E-state index in [2.05, 4.69) is 6.58 Å². The largest absolute Gasteiger partial charge is 0.422 e. The molecule has 1 aliphatic carbocycles. The third-order valence-electron chi connectivity index (χ3n) is 1.50. The molecule has 1 heterocycles. The average molecular weight is 148 g/mol. The number of hydrogen-bond acceptors (Lipinski definition) is 2. The number of ether oxygens (including phenoxy) is 2. The van der Waals surface area contributed by atoms with Crippen molar-refractivity contribution in [1.29, 1.82) is 0 Å². The molecule has 0 aromatic carbocycles. The topological polar surface area (TPSA) is 18.5 Å². The highest BCUT2D eigenvalue weighted by atomic mass is 16.7. The molecule has 0 saturated carbocycles. The Kier molecular flexibility index (Phi) is 1.32. The SMILES string of the molecule is C=C1OC2=C(C=CCC=C2)O1. The molecule has 11 heavy (non-hydrogen) atoms. The van der Waals surface area contributed by atoms with Crippen LogP contribution in [-0.4, -0.2) is 0 Å². The molecule has 0 unspecified atom stereocenters. The van der Waals surface area contributed by atoms with Crippen molar-refractivity contribution in [2.24, 2.45) is 0 Å². The molecule has 0 aromatic heterocycles. The average Bonchev–Trinajstić information content (AvgIpc) is 2.17. The van der Waals surface area contributed by atoms with E-state index >= 15 is 0 Å². The second kappa shape index (κ2) is 2.31. The van der Waals surface area contributed by atoms with Gasteiger partial charge in [0.2, 0.25) is 0 Å². The second-order valence-electron chi connectivity index (χ2n) is 2.35. The van der Waals surface area contributed by atoms with Crippen LogP contribution in [0, 0.1) is 0 Å². The highest BCUT2D eigenvalue weighted by molar-refractivity contribution is 5.32. The van der Waals surface area contributed by atoms with Gasteiger partial charge in [-0.15, -0.1) is 0 Å². The molecule has 0 bridgehead atoms. The van der Waals surface area contributed by atoms with Gasteiger partial charge in [-0.05, 0) is 25.2 Å². The maximum atomic E-state index is 5.17. The smallest absolute Gasteiger partial charge is 0.282 e. The van der Waals surface area contributed by atoms with Crippen LogP contribution in [0.4, 0.5) is 0 Å². The van der Waals surface area contributed by atoms with E-state index in [9.17, 15) is 0 Å². The molecular formula is C9H8O2. The van der Waals surface area contributed by atoms with Crippen molar-refractivity contribution in [3.05, 3.63) is 48.3 Å². The fraction of sp³-hybridized carbons (Fsp3) is 0.111. The summed E-state index contributed by atoms with van der Waals surface area (Å²) in [6, 6.07) is 0. The van der Waals surface area contributed by atoms with Crippen LogP contribution < -0.4 is 0 Å². The molecule has 2 heteroatoms. The lowest BCUT2D eigenvalue weighted by molar-refractivity contribution is 0.187. The Bertz CT molecular complexity index is 256. The molecule has 0 amide bonds. The second-order valence-corrected chi connectivity index (χ2v) is 2.35. The molecular weight excluding hydrogens is 140 g/mol. The van der Waals surface area contributed by atoms with Gasteiger partial charge in [0.05, 0.1) is 0 Å². The van der Waals surface area contributed by atoms with E-state index in [-0.39, 0.29) is 0 Å². The lowest BCUT2D eigenvalue weighted by Crippen LogP contribution is -1.78. The number of rotatable bonds is 0. The van der Waals surface area contributed by atoms with Gasteiger partial charge < -0.3 is 9.47 Å². The predicted octanol–water partition coefficient (Wildman–Crippen LogP) is 2.23. The maximum Gasteiger partial charge on any atom is 0.282 e. The fourth-order valence-electron chi connectivity index (χ4n) is 1.03. The van der Waals surface area contributed by atoms with Crippen LogP contribution in [0.1, 0.15) is 6.42 Å². The first-order valence-electron chi connectivity index (χ1n) is 3.48. The van der Waals surface area contributed by atoms with Gasteiger partial charge in [-0.1, -0.05) is 12.2 Å². The fourth-order valence-corrected chi connectivity index (χ4v) is 1.03. The van der Waals surface area contributed by atoms with Gasteiger partial charge in [0.15, 0.2) is 11.5 Å². The van der Waals surface area contributed by atoms with Crippen molar-refractivity contribution in [3.8, 4) is 0 Å². The van der Waals surface area contributed by atoms with Crippen LogP contribution >= 0.6 is 0 Å². The highest BCUT2D eigenvalue weighted by Crippen LogP contribution is 2.26. The van der Waals surface area contributed by atoms with Gasteiger partial charge in [-0.25, -0.2) is 0 Å². The van der Waals surface area contributed by atoms with Gasteiger partial charge in [-0.2, -0.15) is 0 Å². The van der Waals surface area contributed by atoms with E-state index in [1.165, 1.54) is 0 Å². The maximum absolute atomic E-state index is 5.17. The van der Waals surface area contributed by atoms with Crippen molar-refractivity contribution in [3.63, 3.8) is 0 Å². The zero-order valence-corrected chi connectivity index (χ0v) is 6.04. The van der Waals surface area contributed by atoms with Crippen LogP contribution in [0.2, 0.25) is 0 Å². The van der Waals surface area contributed by atoms with Gasteiger partial charge in [0, 0.05) is 0 Å². The van der Waals surface area contributed by atoms with Crippen LogP contribution in [0.25, 0.3) is 0 Å². The molecule has 2 aliphatic rings. The standard InChI is InChI=1S/C9H8O2/c1-7-10-8-5-3-2-4-6-9(8)11-7/h3-6H,1-2H2. The summed E-state index contributed by atoms with van der Waals surface area (Å²) < 4.78 is 10.3. The molecule has 0 N–H and O–H groups in total. The van der Waals surface area contributed by atoms with Crippen LogP contribution in [0.5, 0.6) is 0 Å². The first-order chi connectivity index (χ1) is 5.36. The third-order valence-corrected chi connectivity index (χ3v) is 1.50. The summed E-state index contributed by atoms with van der Waals surface area (Å²) in [5.41, 5.74) is 0. The summed E-state index contributed by atoms with van der Waals surface area (Å²) in [6.45, 7) is 3.56.